The lowest BCUT2D eigenvalue weighted by Gasteiger charge is -2.24. The zero-order valence-corrected chi connectivity index (χ0v) is 12.8. The molecule has 3 unspecified atom stereocenters. The highest BCUT2D eigenvalue weighted by Crippen LogP contribution is 2.51. The van der Waals surface area contributed by atoms with Gasteiger partial charge < -0.3 is 10.2 Å². The summed E-state index contributed by atoms with van der Waals surface area (Å²) >= 11 is 0. The van der Waals surface area contributed by atoms with E-state index in [0.29, 0.717) is 5.92 Å². The third-order valence-corrected chi connectivity index (χ3v) is 4.99. The van der Waals surface area contributed by atoms with Crippen molar-refractivity contribution in [3.05, 3.63) is 24.3 Å². The molecule has 2 aliphatic rings. The number of aliphatic hydroxyl groups excluding tert-OH is 2. The van der Waals surface area contributed by atoms with Gasteiger partial charge in [-0.1, -0.05) is 63.3 Å². The van der Waals surface area contributed by atoms with Crippen molar-refractivity contribution in [2.45, 2.75) is 76.9 Å². The molecule has 2 heteroatoms. The first-order chi connectivity index (χ1) is 9.66. The zero-order valence-electron chi connectivity index (χ0n) is 12.8. The summed E-state index contributed by atoms with van der Waals surface area (Å²) in [6.45, 7) is 2.22. The molecule has 0 amide bonds. The first kappa shape index (κ1) is 15.8. The number of rotatable bonds is 8. The lowest BCUT2D eigenvalue weighted by atomic mass is 9.80. The normalized spacial score (nSPS) is 34.0. The molecule has 0 spiro atoms. The van der Waals surface area contributed by atoms with Crippen LogP contribution in [-0.2, 0) is 0 Å². The summed E-state index contributed by atoms with van der Waals surface area (Å²) in [4.78, 5) is 0. The highest BCUT2D eigenvalue weighted by molar-refractivity contribution is 5.24. The number of allylic oxidation sites excluding steroid dienone is 3. The van der Waals surface area contributed by atoms with Crippen molar-refractivity contribution >= 4 is 0 Å². The molecule has 2 rings (SSSR count). The summed E-state index contributed by atoms with van der Waals surface area (Å²) in [7, 11) is 0. The van der Waals surface area contributed by atoms with E-state index < -0.39 is 0 Å². The van der Waals surface area contributed by atoms with Crippen molar-refractivity contribution in [3.63, 3.8) is 0 Å². The van der Waals surface area contributed by atoms with Crippen LogP contribution in [0.15, 0.2) is 24.3 Å². The molecular weight excluding hydrogens is 248 g/mol. The highest BCUT2D eigenvalue weighted by Gasteiger charge is 2.45. The molecule has 2 nitrogen and oxygen atoms in total. The standard InChI is InChI=1S/C18H30O2/c1-2-3-4-5-6-9-16(19)10-12-18-11-7-8-15(18)13-17(20)14-18/h7,10-12,15-17,19-20H,2-6,8-9,13-14H2,1H3/b12-10+/t15?,16-,17?,18?/m0/s1. The molecular formula is C18H30O2. The Hall–Kier alpha value is -0.600. The van der Waals surface area contributed by atoms with Crippen LogP contribution in [0, 0.1) is 11.3 Å². The topological polar surface area (TPSA) is 40.5 Å². The lowest BCUT2D eigenvalue weighted by molar-refractivity contribution is 0.173. The van der Waals surface area contributed by atoms with Crippen molar-refractivity contribution in [2.24, 2.45) is 11.3 Å². The fourth-order valence-electron chi connectivity index (χ4n) is 3.78. The molecule has 0 radical (unpaired) electrons. The third kappa shape index (κ3) is 3.95. The first-order valence-corrected chi connectivity index (χ1v) is 8.39. The molecule has 1 fully saturated rings. The van der Waals surface area contributed by atoms with Gasteiger partial charge in [0.05, 0.1) is 12.2 Å². The maximum absolute atomic E-state index is 10.1. The highest BCUT2D eigenvalue weighted by atomic mass is 16.3. The Balaban J connectivity index is 1.75. The van der Waals surface area contributed by atoms with Crippen LogP contribution in [0.2, 0.25) is 0 Å². The molecule has 0 bridgehead atoms. The van der Waals surface area contributed by atoms with Gasteiger partial charge in [-0.05, 0) is 31.6 Å². The third-order valence-electron chi connectivity index (χ3n) is 4.99. The van der Waals surface area contributed by atoms with Crippen molar-refractivity contribution in [1.82, 2.24) is 0 Å². The average Bonchev–Trinajstić information content (AvgIpc) is 2.92. The molecule has 0 aromatic heterocycles. The van der Waals surface area contributed by atoms with Gasteiger partial charge in [0.15, 0.2) is 0 Å². The van der Waals surface area contributed by atoms with Crippen molar-refractivity contribution in [3.8, 4) is 0 Å². The molecule has 0 heterocycles. The molecule has 1 saturated carbocycles. The van der Waals surface area contributed by atoms with Gasteiger partial charge in [-0.15, -0.1) is 0 Å². The van der Waals surface area contributed by atoms with E-state index in [1.54, 1.807) is 0 Å². The van der Waals surface area contributed by atoms with Gasteiger partial charge in [-0.2, -0.15) is 0 Å². The Morgan fingerprint density at radius 2 is 2.10 bits per heavy atom. The van der Waals surface area contributed by atoms with E-state index in [2.05, 4.69) is 25.2 Å². The fraction of sp³-hybridized carbons (Fsp3) is 0.778. The number of fused-ring (bicyclic) bond motifs is 1. The van der Waals surface area contributed by atoms with Crippen LogP contribution >= 0.6 is 0 Å². The van der Waals surface area contributed by atoms with Gasteiger partial charge in [0.25, 0.3) is 0 Å². The molecule has 114 valence electrons. The lowest BCUT2D eigenvalue weighted by Crippen LogP contribution is -2.17. The maximum Gasteiger partial charge on any atom is 0.0721 e. The zero-order chi connectivity index (χ0) is 14.4. The quantitative estimate of drug-likeness (QED) is 0.521. The van der Waals surface area contributed by atoms with Crippen LogP contribution in [0.4, 0.5) is 0 Å². The second kappa shape index (κ2) is 7.42. The molecule has 4 atom stereocenters. The summed E-state index contributed by atoms with van der Waals surface area (Å²) in [6, 6.07) is 0. The van der Waals surface area contributed by atoms with E-state index >= 15 is 0 Å². The van der Waals surface area contributed by atoms with Crippen LogP contribution < -0.4 is 0 Å². The Bertz CT molecular complexity index is 347. The van der Waals surface area contributed by atoms with E-state index in [-0.39, 0.29) is 17.6 Å². The van der Waals surface area contributed by atoms with Crippen LogP contribution in [0.25, 0.3) is 0 Å². The summed E-state index contributed by atoms with van der Waals surface area (Å²) in [6.07, 6.45) is 18.0. The van der Waals surface area contributed by atoms with Crippen LogP contribution in [0.5, 0.6) is 0 Å². The van der Waals surface area contributed by atoms with Crippen LogP contribution in [0.1, 0.15) is 64.7 Å². The Kier molecular flexibility index (Phi) is 5.86. The molecule has 2 N–H and O–H groups in total. The van der Waals surface area contributed by atoms with Crippen molar-refractivity contribution in [1.29, 1.82) is 0 Å². The smallest absolute Gasteiger partial charge is 0.0721 e. The number of unbranched alkanes of at least 4 members (excludes halogenated alkanes) is 4. The molecule has 0 aliphatic heterocycles. The summed E-state index contributed by atoms with van der Waals surface area (Å²) in [5.74, 6) is 0.547. The minimum Gasteiger partial charge on any atom is -0.393 e. The van der Waals surface area contributed by atoms with Crippen molar-refractivity contribution < 1.29 is 10.2 Å². The predicted octanol–water partition coefficient (Wildman–Crippen LogP) is 3.98. The van der Waals surface area contributed by atoms with Crippen LogP contribution in [-0.4, -0.2) is 22.4 Å². The van der Waals surface area contributed by atoms with E-state index in [0.717, 1.165) is 32.1 Å². The second-order valence-electron chi connectivity index (χ2n) is 6.67. The van der Waals surface area contributed by atoms with Gasteiger partial charge in [-0.3, -0.25) is 0 Å². The molecule has 0 aromatic rings. The summed E-state index contributed by atoms with van der Waals surface area (Å²) in [5, 5.41) is 19.9. The Labute approximate surface area is 123 Å². The SMILES string of the molecule is CCCCCCC[C@H](O)/C=C/C12C=CCC1CC(O)C2. The molecule has 0 aromatic carbocycles. The van der Waals surface area contributed by atoms with Crippen LogP contribution in [0.3, 0.4) is 0 Å². The van der Waals surface area contributed by atoms with E-state index in [1.807, 2.05) is 6.08 Å². The van der Waals surface area contributed by atoms with Gasteiger partial charge in [0, 0.05) is 5.41 Å². The van der Waals surface area contributed by atoms with Gasteiger partial charge in [0.1, 0.15) is 0 Å². The monoisotopic (exact) mass is 278 g/mol. The van der Waals surface area contributed by atoms with E-state index in [1.165, 1.54) is 25.7 Å². The first-order valence-electron chi connectivity index (χ1n) is 8.39. The van der Waals surface area contributed by atoms with Gasteiger partial charge in [0.2, 0.25) is 0 Å². The Morgan fingerprint density at radius 3 is 2.90 bits per heavy atom. The minimum absolute atomic E-state index is 0.0304. The largest absolute Gasteiger partial charge is 0.393 e. The number of hydrogen-bond donors (Lipinski definition) is 2. The van der Waals surface area contributed by atoms with Gasteiger partial charge in [-0.25, -0.2) is 0 Å². The Morgan fingerprint density at radius 1 is 1.30 bits per heavy atom. The second-order valence-corrected chi connectivity index (χ2v) is 6.67. The van der Waals surface area contributed by atoms with E-state index in [9.17, 15) is 10.2 Å². The summed E-state index contributed by atoms with van der Waals surface area (Å²) < 4.78 is 0. The molecule has 2 aliphatic carbocycles. The van der Waals surface area contributed by atoms with Gasteiger partial charge >= 0.3 is 0 Å². The average molecular weight is 278 g/mol. The fourth-order valence-corrected chi connectivity index (χ4v) is 3.78. The summed E-state index contributed by atoms with van der Waals surface area (Å²) in [5.41, 5.74) is 0.0304. The van der Waals surface area contributed by atoms with Crippen molar-refractivity contribution in [2.75, 3.05) is 0 Å². The maximum atomic E-state index is 10.1. The number of hydrogen-bond acceptors (Lipinski definition) is 2. The van der Waals surface area contributed by atoms with E-state index in [4.69, 9.17) is 0 Å². The number of aliphatic hydroxyl groups is 2. The minimum atomic E-state index is -0.321. The molecule has 0 saturated heterocycles. The molecule has 20 heavy (non-hydrogen) atoms. The predicted molar refractivity (Wildman–Crippen MR) is 83.4 cm³/mol.